The molecule has 0 aliphatic carbocycles. The second kappa shape index (κ2) is 8.43. The summed E-state index contributed by atoms with van der Waals surface area (Å²) in [7, 11) is 3.44. The number of aliphatic hydroxyl groups is 1. The van der Waals surface area contributed by atoms with Crippen molar-refractivity contribution in [3.05, 3.63) is 34.3 Å². The van der Waals surface area contributed by atoms with Crippen LogP contribution in [0.1, 0.15) is 16.8 Å². The van der Waals surface area contributed by atoms with Gasteiger partial charge in [0.2, 0.25) is 0 Å². The van der Waals surface area contributed by atoms with Gasteiger partial charge in [-0.1, -0.05) is 34.1 Å². The number of likely N-dealkylation sites (N-methyl/N-ethyl adjacent to an activating group) is 1. The average Bonchev–Trinajstić information content (AvgIpc) is 2.36. The molecule has 1 aromatic carbocycles. The summed E-state index contributed by atoms with van der Waals surface area (Å²) in [4.78, 5) is 14.0. The van der Waals surface area contributed by atoms with Crippen molar-refractivity contribution in [2.24, 2.45) is 0 Å². The predicted octanol–water partition coefficient (Wildman–Crippen LogP) is 1.96. The molecule has 5 heteroatoms. The summed E-state index contributed by atoms with van der Waals surface area (Å²) in [6, 6.07) is 7.41. The molecule has 0 bridgehead atoms. The van der Waals surface area contributed by atoms with Gasteiger partial charge in [-0.15, -0.1) is 0 Å². The lowest BCUT2D eigenvalue weighted by Crippen LogP contribution is -2.33. The fourth-order valence-corrected chi connectivity index (χ4v) is 2.32. The molecule has 0 aliphatic heterocycles. The van der Waals surface area contributed by atoms with Gasteiger partial charge < -0.3 is 14.7 Å². The molecule has 1 aromatic rings. The first-order valence-corrected chi connectivity index (χ1v) is 6.97. The van der Waals surface area contributed by atoms with E-state index in [9.17, 15) is 9.90 Å². The Bertz CT molecular complexity index is 411. The van der Waals surface area contributed by atoms with E-state index in [4.69, 9.17) is 4.74 Å². The quantitative estimate of drug-likeness (QED) is 0.741. The Morgan fingerprint density at radius 2 is 2.16 bits per heavy atom. The molecule has 4 nitrogen and oxygen atoms in total. The highest BCUT2D eigenvalue weighted by Gasteiger charge is 2.12. The molecule has 0 aromatic heterocycles. The summed E-state index contributed by atoms with van der Waals surface area (Å²) >= 11 is 3.37. The summed E-state index contributed by atoms with van der Waals surface area (Å²) in [5.41, 5.74) is 0.702. The Hall–Kier alpha value is -0.750. The van der Waals surface area contributed by atoms with Crippen molar-refractivity contribution < 1.29 is 14.6 Å². The van der Waals surface area contributed by atoms with Gasteiger partial charge in [-0.2, -0.15) is 0 Å². The highest BCUT2D eigenvalue weighted by atomic mass is 79.9. The Morgan fingerprint density at radius 1 is 1.47 bits per heavy atom. The van der Waals surface area contributed by atoms with Crippen LogP contribution in [0.4, 0.5) is 0 Å². The fourth-order valence-electron chi connectivity index (χ4n) is 1.81. The number of Topliss-reactive ketones (excluding diaryl/α,β-unsaturated/α-hetero) is 1. The van der Waals surface area contributed by atoms with Gasteiger partial charge in [-0.25, -0.2) is 0 Å². The molecule has 1 atom stereocenters. The smallest absolute Gasteiger partial charge is 0.165 e. The largest absolute Gasteiger partial charge is 0.389 e. The number of carbonyl (C=O) groups excluding carboxylic acids is 1. The maximum atomic E-state index is 12.0. The van der Waals surface area contributed by atoms with E-state index in [2.05, 4.69) is 15.9 Å². The third-order valence-electron chi connectivity index (χ3n) is 2.78. The fraction of sp³-hybridized carbons (Fsp3) is 0.500. The lowest BCUT2D eigenvalue weighted by Gasteiger charge is -2.19. The van der Waals surface area contributed by atoms with Crippen LogP contribution in [0, 0.1) is 0 Å². The van der Waals surface area contributed by atoms with Crippen molar-refractivity contribution in [1.29, 1.82) is 0 Å². The molecule has 1 unspecified atom stereocenters. The van der Waals surface area contributed by atoms with Gasteiger partial charge in [0.25, 0.3) is 0 Å². The normalized spacial score (nSPS) is 12.7. The molecule has 0 radical (unpaired) electrons. The second-order valence-corrected chi connectivity index (χ2v) is 5.38. The van der Waals surface area contributed by atoms with Crippen LogP contribution in [0.3, 0.4) is 0 Å². The van der Waals surface area contributed by atoms with Crippen LogP contribution in [0.5, 0.6) is 0 Å². The number of carbonyl (C=O) groups is 1. The lowest BCUT2D eigenvalue weighted by atomic mass is 10.1. The zero-order chi connectivity index (χ0) is 14.3. The van der Waals surface area contributed by atoms with Gasteiger partial charge >= 0.3 is 0 Å². The van der Waals surface area contributed by atoms with Crippen molar-refractivity contribution in [1.82, 2.24) is 4.90 Å². The Kier molecular flexibility index (Phi) is 7.23. The first-order valence-electron chi connectivity index (χ1n) is 6.18. The van der Waals surface area contributed by atoms with Crippen LogP contribution < -0.4 is 0 Å². The maximum Gasteiger partial charge on any atom is 0.165 e. The molecule has 0 amide bonds. The Labute approximate surface area is 122 Å². The molecular formula is C14H20BrNO3. The van der Waals surface area contributed by atoms with E-state index in [1.165, 1.54) is 0 Å². The molecule has 1 N–H and O–H groups in total. The second-order valence-electron chi connectivity index (χ2n) is 4.52. The first-order chi connectivity index (χ1) is 9.04. The highest BCUT2D eigenvalue weighted by Crippen LogP contribution is 2.17. The minimum absolute atomic E-state index is 0.0977. The number of nitrogens with zero attached hydrogens (tertiary/aromatic N) is 1. The minimum atomic E-state index is -0.520. The summed E-state index contributed by atoms with van der Waals surface area (Å²) in [5, 5.41) is 9.59. The third kappa shape index (κ3) is 5.82. The average molecular weight is 330 g/mol. The molecule has 0 spiro atoms. The molecular weight excluding hydrogens is 310 g/mol. The van der Waals surface area contributed by atoms with E-state index in [1.807, 2.05) is 36.2 Å². The van der Waals surface area contributed by atoms with Gasteiger partial charge in [0.15, 0.2) is 5.78 Å². The molecule has 0 saturated heterocycles. The van der Waals surface area contributed by atoms with Gasteiger partial charge in [-0.05, 0) is 13.1 Å². The van der Waals surface area contributed by atoms with Crippen molar-refractivity contribution in [2.45, 2.75) is 12.5 Å². The zero-order valence-corrected chi connectivity index (χ0v) is 12.9. The SMILES string of the molecule is COCC(O)CN(C)CCC(=O)c1ccccc1Br. The van der Waals surface area contributed by atoms with Crippen molar-refractivity contribution in [3.8, 4) is 0 Å². The van der Waals surface area contributed by atoms with Gasteiger partial charge in [0.1, 0.15) is 0 Å². The number of hydrogen-bond acceptors (Lipinski definition) is 4. The van der Waals surface area contributed by atoms with Gasteiger partial charge in [0.05, 0.1) is 12.7 Å². The van der Waals surface area contributed by atoms with E-state index >= 15 is 0 Å². The van der Waals surface area contributed by atoms with Crippen molar-refractivity contribution >= 4 is 21.7 Å². The zero-order valence-electron chi connectivity index (χ0n) is 11.3. The van der Waals surface area contributed by atoms with Crippen LogP contribution in [0.15, 0.2) is 28.7 Å². The Morgan fingerprint density at radius 3 is 2.79 bits per heavy atom. The van der Waals surface area contributed by atoms with Crippen LogP contribution in [0.25, 0.3) is 0 Å². The minimum Gasteiger partial charge on any atom is -0.389 e. The van der Waals surface area contributed by atoms with Crippen LogP contribution >= 0.6 is 15.9 Å². The van der Waals surface area contributed by atoms with Crippen molar-refractivity contribution in [2.75, 3.05) is 33.9 Å². The Balaban J connectivity index is 2.40. The number of benzene rings is 1. The molecule has 0 aliphatic rings. The number of ketones is 1. The van der Waals surface area contributed by atoms with Gasteiger partial charge in [-0.3, -0.25) is 4.79 Å². The molecule has 19 heavy (non-hydrogen) atoms. The number of ether oxygens (including phenoxy) is 1. The maximum absolute atomic E-state index is 12.0. The van der Waals surface area contributed by atoms with Crippen LogP contribution in [0.2, 0.25) is 0 Å². The predicted molar refractivity (Wildman–Crippen MR) is 78.5 cm³/mol. The van der Waals surface area contributed by atoms with Crippen LogP contribution in [-0.2, 0) is 4.74 Å². The highest BCUT2D eigenvalue weighted by molar-refractivity contribution is 9.10. The topological polar surface area (TPSA) is 49.8 Å². The monoisotopic (exact) mass is 329 g/mol. The molecule has 1 rings (SSSR count). The van der Waals surface area contributed by atoms with E-state index < -0.39 is 6.10 Å². The van der Waals surface area contributed by atoms with Gasteiger partial charge in [0, 0.05) is 36.7 Å². The first kappa shape index (κ1) is 16.3. The molecule has 0 saturated carbocycles. The van der Waals surface area contributed by atoms with E-state index in [0.29, 0.717) is 31.7 Å². The van der Waals surface area contributed by atoms with E-state index in [0.717, 1.165) is 4.47 Å². The standard InChI is InChI=1S/C14H20BrNO3/c1-16(9-11(17)10-19-2)8-7-14(18)12-5-3-4-6-13(12)15/h3-6,11,17H,7-10H2,1-2H3. The molecule has 0 fully saturated rings. The third-order valence-corrected chi connectivity index (χ3v) is 3.47. The van der Waals surface area contributed by atoms with E-state index in [1.54, 1.807) is 7.11 Å². The number of rotatable bonds is 8. The number of aliphatic hydroxyl groups excluding tert-OH is 1. The number of halogens is 1. The lowest BCUT2D eigenvalue weighted by molar-refractivity contribution is 0.0428. The summed E-state index contributed by atoms with van der Waals surface area (Å²) in [6.45, 7) is 1.42. The molecule has 0 heterocycles. The van der Waals surface area contributed by atoms with E-state index in [-0.39, 0.29) is 5.78 Å². The summed E-state index contributed by atoms with van der Waals surface area (Å²) in [5.74, 6) is 0.0977. The summed E-state index contributed by atoms with van der Waals surface area (Å²) < 4.78 is 5.69. The number of hydrogen-bond donors (Lipinski definition) is 1. The van der Waals surface area contributed by atoms with Crippen molar-refractivity contribution in [3.63, 3.8) is 0 Å². The molecule has 106 valence electrons. The summed E-state index contributed by atoms with van der Waals surface area (Å²) in [6.07, 6.45) is -0.0905. The van der Waals surface area contributed by atoms with Crippen LogP contribution in [-0.4, -0.2) is 55.7 Å². The number of methoxy groups -OCH3 is 1.